The van der Waals surface area contributed by atoms with Crippen LogP contribution in [0, 0.1) is 10.1 Å². The fourth-order valence-corrected chi connectivity index (χ4v) is 2.63. The van der Waals surface area contributed by atoms with Gasteiger partial charge < -0.3 is 14.9 Å². The number of nitro groups is 1. The van der Waals surface area contributed by atoms with Crippen molar-refractivity contribution in [2.45, 2.75) is 64.7 Å². The molecule has 0 aliphatic carbocycles. The molecule has 1 aromatic rings. The summed E-state index contributed by atoms with van der Waals surface area (Å²) < 4.78 is 4.34. The first kappa shape index (κ1) is 19.7. The van der Waals surface area contributed by atoms with Gasteiger partial charge in [0.15, 0.2) is 5.75 Å². The van der Waals surface area contributed by atoms with E-state index in [9.17, 15) is 20.0 Å². The first-order chi connectivity index (χ1) is 11.5. The highest BCUT2D eigenvalue weighted by Gasteiger charge is 2.24. The highest BCUT2D eigenvalue weighted by molar-refractivity contribution is 5.67. The lowest BCUT2D eigenvalue weighted by atomic mass is 10.0. The van der Waals surface area contributed by atoms with Gasteiger partial charge in [-0.05, 0) is 25.0 Å². The number of nitrogens with zero attached hydrogens (tertiary/aromatic N) is 1. The van der Waals surface area contributed by atoms with Crippen LogP contribution in [0.3, 0.4) is 0 Å². The Morgan fingerprint density at radius 1 is 1.12 bits per heavy atom. The second-order valence-electron chi connectivity index (χ2n) is 5.77. The third-order valence-electron chi connectivity index (χ3n) is 3.88. The van der Waals surface area contributed by atoms with E-state index in [1.54, 1.807) is 0 Å². The van der Waals surface area contributed by atoms with Gasteiger partial charge in [-0.15, -0.1) is 0 Å². The van der Waals surface area contributed by atoms with E-state index in [4.69, 9.17) is 5.11 Å². The van der Waals surface area contributed by atoms with Crippen molar-refractivity contribution in [3.05, 3.63) is 27.8 Å². The summed E-state index contributed by atoms with van der Waals surface area (Å²) in [5.41, 5.74) is -0.0853. The van der Waals surface area contributed by atoms with Crippen LogP contribution < -0.4 is 4.74 Å². The van der Waals surface area contributed by atoms with Crippen LogP contribution in [-0.2, 0) is 6.42 Å². The average Bonchev–Trinajstić information content (AvgIpc) is 2.51. The number of phenols is 1. The zero-order valence-corrected chi connectivity index (χ0v) is 14.0. The average molecular weight is 339 g/mol. The smallest absolute Gasteiger partial charge is 0.499 e. The van der Waals surface area contributed by atoms with Crippen molar-refractivity contribution in [1.82, 2.24) is 0 Å². The van der Waals surface area contributed by atoms with E-state index in [0.717, 1.165) is 19.3 Å². The summed E-state index contributed by atoms with van der Waals surface area (Å²) in [6, 6.07) is 2.69. The lowest BCUT2D eigenvalue weighted by Gasteiger charge is -2.08. The minimum atomic E-state index is -1.63. The molecule has 0 saturated heterocycles. The van der Waals surface area contributed by atoms with Crippen LogP contribution in [0.2, 0.25) is 0 Å². The van der Waals surface area contributed by atoms with Gasteiger partial charge in [0.25, 0.3) is 0 Å². The second-order valence-corrected chi connectivity index (χ2v) is 5.77. The molecule has 0 amide bonds. The molecule has 0 fully saturated rings. The Kier molecular flexibility index (Phi) is 8.60. The molecular formula is C17H25NO6. The topological polar surface area (TPSA) is 110 Å². The molecule has 1 aromatic carbocycles. The van der Waals surface area contributed by atoms with Crippen molar-refractivity contribution in [3.63, 3.8) is 0 Å². The maximum Gasteiger partial charge on any atom is 0.511 e. The Morgan fingerprint density at radius 3 is 2.25 bits per heavy atom. The molecular weight excluding hydrogens is 314 g/mol. The largest absolute Gasteiger partial charge is 0.511 e. The van der Waals surface area contributed by atoms with Gasteiger partial charge >= 0.3 is 11.8 Å². The zero-order chi connectivity index (χ0) is 17.9. The third-order valence-corrected chi connectivity index (χ3v) is 3.88. The molecule has 7 heteroatoms. The van der Waals surface area contributed by atoms with Gasteiger partial charge in [0.2, 0.25) is 5.75 Å². The summed E-state index contributed by atoms with van der Waals surface area (Å²) in [6.07, 6.45) is 7.79. The highest BCUT2D eigenvalue weighted by Crippen LogP contribution is 2.39. The number of aryl methyl sites for hydroxylation is 1. The summed E-state index contributed by atoms with van der Waals surface area (Å²) in [5.74, 6) is -1.16. The number of unbranched alkanes of at least 4 members (excludes halogenated alkanes) is 7. The van der Waals surface area contributed by atoms with Gasteiger partial charge in [0.1, 0.15) is 0 Å². The number of hydrogen-bond donors (Lipinski definition) is 2. The number of aromatic hydroxyl groups is 1. The van der Waals surface area contributed by atoms with Crippen molar-refractivity contribution in [2.24, 2.45) is 0 Å². The summed E-state index contributed by atoms with van der Waals surface area (Å²) in [6.45, 7) is 2.18. The summed E-state index contributed by atoms with van der Waals surface area (Å²) in [7, 11) is 0. The Morgan fingerprint density at radius 2 is 1.71 bits per heavy atom. The van der Waals surface area contributed by atoms with E-state index in [1.165, 1.54) is 44.2 Å². The van der Waals surface area contributed by atoms with E-state index in [1.807, 2.05) is 0 Å². The predicted molar refractivity (Wildman–Crippen MR) is 89.7 cm³/mol. The molecule has 7 nitrogen and oxygen atoms in total. The number of hydrogen-bond acceptors (Lipinski definition) is 5. The van der Waals surface area contributed by atoms with Crippen molar-refractivity contribution in [2.75, 3.05) is 0 Å². The monoisotopic (exact) mass is 339 g/mol. The van der Waals surface area contributed by atoms with Crippen LogP contribution in [-0.4, -0.2) is 21.3 Å². The molecule has 0 aliphatic heterocycles. The van der Waals surface area contributed by atoms with E-state index in [0.29, 0.717) is 12.0 Å². The number of carbonyl (C=O) groups is 1. The number of nitro benzene ring substituents is 1. The highest BCUT2D eigenvalue weighted by atomic mass is 16.7. The quantitative estimate of drug-likeness (QED) is 0.192. The van der Waals surface area contributed by atoms with E-state index < -0.39 is 28.3 Å². The van der Waals surface area contributed by atoms with Crippen LogP contribution >= 0.6 is 0 Å². The van der Waals surface area contributed by atoms with Crippen LogP contribution in [0.15, 0.2) is 12.1 Å². The van der Waals surface area contributed by atoms with E-state index in [-0.39, 0.29) is 0 Å². The van der Waals surface area contributed by atoms with Crippen molar-refractivity contribution in [1.29, 1.82) is 0 Å². The molecule has 24 heavy (non-hydrogen) atoms. The molecule has 2 N–H and O–H groups in total. The molecule has 0 bridgehead atoms. The fraction of sp³-hybridized carbons (Fsp3) is 0.588. The van der Waals surface area contributed by atoms with Crippen LogP contribution in [0.5, 0.6) is 11.5 Å². The Hall–Kier alpha value is -2.31. The Bertz CT molecular complexity index is 558. The Labute approximate surface area is 141 Å². The summed E-state index contributed by atoms with van der Waals surface area (Å²) >= 11 is 0. The molecule has 134 valence electrons. The lowest BCUT2D eigenvalue weighted by molar-refractivity contribution is -0.386. The maximum atomic E-state index is 11.2. The Balaban J connectivity index is 2.57. The summed E-state index contributed by atoms with van der Waals surface area (Å²) in [4.78, 5) is 21.0. The van der Waals surface area contributed by atoms with Crippen LogP contribution in [0.1, 0.15) is 63.9 Å². The molecule has 0 spiro atoms. The molecule has 0 atom stereocenters. The van der Waals surface area contributed by atoms with Crippen LogP contribution in [0.4, 0.5) is 10.5 Å². The van der Waals surface area contributed by atoms with Crippen molar-refractivity contribution >= 4 is 11.8 Å². The minimum absolute atomic E-state index is 0.390. The van der Waals surface area contributed by atoms with E-state index in [2.05, 4.69) is 11.7 Å². The summed E-state index contributed by atoms with van der Waals surface area (Å²) in [5, 5.41) is 29.6. The fourth-order valence-electron chi connectivity index (χ4n) is 2.63. The number of rotatable bonds is 11. The number of phenolic OH excluding ortho intramolecular Hbond substituents is 1. The van der Waals surface area contributed by atoms with Crippen molar-refractivity contribution < 1.29 is 24.7 Å². The molecule has 0 radical (unpaired) electrons. The molecule has 0 heterocycles. The number of carboxylic acid groups (broad SMARTS) is 1. The predicted octanol–water partition coefficient (Wildman–Crippen LogP) is 5.04. The number of ether oxygens (including phenoxy) is 1. The van der Waals surface area contributed by atoms with Crippen molar-refractivity contribution in [3.8, 4) is 11.5 Å². The van der Waals surface area contributed by atoms with Crippen LogP contribution in [0.25, 0.3) is 0 Å². The molecule has 1 rings (SSSR count). The van der Waals surface area contributed by atoms with Gasteiger partial charge in [0.05, 0.1) is 4.92 Å². The molecule has 0 aromatic heterocycles. The zero-order valence-electron chi connectivity index (χ0n) is 14.0. The van der Waals surface area contributed by atoms with Gasteiger partial charge in [0, 0.05) is 5.56 Å². The maximum absolute atomic E-state index is 11.2. The minimum Gasteiger partial charge on any atom is -0.499 e. The molecule has 0 saturated carbocycles. The lowest BCUT2D eigenvalue weighted by Crippen LogP contribution is -2.05. The number of benzene rings is 1. The second kappa shape index (κ2) is 10.5. The molecule has 0 unspecified atom stereocenters. The standard InChI is InChI=1S/C17H25NO6/c1-2-3-4-5-6-7-8-9-10-13-11-12-14(24-17(20)21)16(19)15(13)18(22)23/h11-12,19H,2-10H2,1H3,(H,20,21). The van der Waals surface area contributed by atoms with E-state index >= 15 is 0 Å². The first-order valence-electron chi connectivity index (χ1n) is 8.37. The molecule has 0 aliphatic rings. The van der Waals surface area contributed by atoms with Gasteiger partial charge in [-0.3, -0.25) is 10.1 Å². The van der Waals surface area contributed by atoms with Gasteiger partial charge in [-0.25, -0.2) is 4.79 Å². The normalized spacial score (nSPS) is 10.5. The SMILES string of the molecule is CCCCCCCCCCc1ccc(OC(=O)O)c(O)c1[N+](=O)[O-]. The third kappa shape index (κ3) is 6.44. The van der Waals surface area contributed by atoms with Gasteiger partial charge in [-0.1, -0.05) is 51.9 Å². The first-order valence-corrected chi connectivity index (χ1v) is 8.37. The van der Waals surface area contributed by atoms with Gasteiger partial charge in [-0.2, -0.15) is 0 Å².